The van der Waals surface area contributed by atoms with E-state index in [2.05, 4.69) is 0 Å². The SMILES string of the molecule is CCCC(C)(C)OC(=O)c1cc(Cl)c(CC)cc1C(=O)OC(C)(C)CCC. The van der Waals surface area contributed by atoms with Gasteiger partial charge in [0, 0.05) is 5.02 Å². The number of carbonyl (C=O) groups excluding carboxylic acids is 2. The average Bonchev–Trinajstić information content (AvgIpc) is 2.53. The predicted octanol–water partition coefficient (Wildman–Crippen LogP) is 6.37. The minimum Gasteiger partial charge on any atom is -0.456 e. The van der Waals surface area contributed by atoms with Crippen LogP contribution in [0.15, 0.2) is 12.1 Å². The van der Waals surface area contributed by atoms with Crippen molar-refractivity contribution in [2.75, 3.05) is 0 Å². The summed E-state index contributed by atoms with van der Waals surface area (Å²) in [5, 5.41) is 0.446. The molecule has 0 amide bonds. The summed E-state index contributed by atoms with van der Waals surface area (Å²) in [6.45, 7) is 13.5. The van der Waals surface area contributed by atoms with Gasteiger partial charge in [0.15, 0.2) is 0 Å². The number of hydrogen-bond donors (Lipinski definition) is 0. The molecule has 0 aliphatic rings. The number of carbonyl (C=O) groups is 2. The second-order valence-electron chi connectivity index (χ2n) is 8.14. The Bertz CT molecular complexity index is 677. The van der Waals surface area contributed by atoms with E-state index in [1.807, 2.05) is 48.5 Å². The fourth-order valence-electron chi connectivity index (χ4n) is 3.14. The number of halogens is 1. The largest absolute Gasteiger partial charge is 0.456 e. The highest BCUT2D eigenvalue weighted by Crippen LogP contribution is 2.28. The molecule has 152 valence electrons. The molecule has 0 atom stereocenters. The molecule has 0 unspecified atom stereocenters. The van der Waals surface area contributed by atoms with E-state index >= 15 is 0 Å². The molecule has 0 aromatic heterocycles. The molecule has 0 saturated carbocycles. The maximum absolute atomic E-state index is 12.9. The van der Waals surface area contributed by atoms with E-state index in [-0.39, 0.29) is 11.1 Å². The molecule has 4 nitrogen and oxygen atoms in total. The van der Waals surface area contributed by atoms with Gasteiger partial charge in [-0.25, -0.2) is 9.59 Å². The van der Waals surface area contributed by atoms with Gasteiger partial charge < -0.3 is 9.47 Å². The molecule has 0 heterocycles. The smallest absolute Gasteiger partial charge is 0.339 e. The number of ether oxygens (including phenoxy) is 2. The summed E-state index contributed by atoms with van der Waals surface area (Å²) in [5.41, 5.74) is -0.0806. The van der Waals surface area contributed by atoms with Gasteiger partial charge in [-0.15, -0.1) is 0 Å². The number of benzene rings is 1. The molecular formula is C22H33ClO4. The molecule has 1 aromatic rings. The van der Waals surface area contributed by atoms with Crippen LogP contribution in [0, 0.1) is 0 Å². The van der Waals surface area contributed by atoms with Crippen LogP contribution in [-0.2, 0) is 15.9 Å². The molecule has 0 saturated heterocycles. The molecule has 5 heteroatoms. The molecule has 27 heavy (non-hydrogen) atoms. The van der Waals surface area contributed by atoms with Crippen LogP contribution < -0.4 is 0 Å². The molecule has 0 fully saturated rings. The average molecular weight is 397 g/mol. The van der Waals surface area contributed by atoms with Crippen LogP contribution in [0.1, 0.15) is 100 Å². The monoisotopic (exact) mass is 396 g/mol. The second kappa shape index (κ2) is 9.59. The fraction of sp³-hybridized carbons (Fsp3) is 0.636. The van der Waals surface area contributed by atoms with Gasteiger partial charge >= 0.3 is 11.9 Å². The van der Waals surface area contributed by atoms with Crippen molar-refractivity contribution in [1.82, 2.24) is 0 Å². The summed E-state index contributed by atoms with van der Waals surface area (Å²) in [5.74, 6) is -1.08. The third-order valence-electron chi connectivity index (χ3n) is 4.45. The first-order valence-corrected chi connectivity index (χ1v) is 10.1. The molecule has 0 aliphatic carbocycles. The molecule has 1 aromatic carbocycles. The van der Waals surface area contributed by atoms with Crippen molar-refractivity contribution in [3.63, 3.8) is 0 Å². The Balaban J connectivity index is 3.29. The van der Waals surface area contributed by atoms with E-state index in [0.29, 0.717) is 11.4 Å². The summed E-state index contributed by atoms with van der Waals surface area (Å²) in [4.78, 5) is 25.7. The third-order valence-corrected chi connectivity index (χ3v) is 4.80. The Morgan fingerprint density at radius 3 is 1.63 bits per heavy atom. The van der Waals surface area contributed by atoms with Gasteiger partial charge in [0.1, 0.15) is 11.2 Å². The van der Waals surface area contributed by atoms with E-state index in [0.717, 1.165) is 31.2 Å². The van der Waals surface area contributed by atoms with Crippen molar-refractivity contribution in [2.24, 2.45) is 0 Å². The highest BCUT2D eigenvalue weighted by atomic mass is 35.5. The molecule has 0 aliphatic heterocycles. The van der Waals surface area contributed by atoms with Crippen LogP contribution in [0.2, 0.25) is 5.02 Å². The second-order valence-corrected chi connectivity index (χ2v) is 8.55. The lowest BCUT2D eigenvalue weighted by Crippen LogP contribution is -2.31. The molecule has 0 radical (unpaired) electrons. The maximum atomic E-state index is 12.9. The predicted molar refractivity (Wildman–Crippen MR) is 110 cm³/mol. The number of rotatable bonds is 9. The zero-order valence-electron chi connectivity index (χ0n) is 17.7. The maximum Gasteiger partial charge on any atom is 0.339 e. The van der Waals surface area contributed by atoms with Crippen LogP contribution in [0.5, 0.6) is 0 Å². The first-order chi connectivity index (χ1) is 12.5. The van der Waals surface area contributed by atoms with Crippen LogP contribution in [0.25, 0.3) is 0 Å². The molecule has 1 rings (SSSR count). The zero-order chi connectivity index (χ0) is 20.8. The van der Waals surface area contributed by atoms with Crippen LogP contribution >= 0.6 is 11.6 Å². The Kier molecular flexibility index (Phi) is 8.34. The number of esters is 2. The van der Waals surface area contributed by atoms with E-state index in [1.165, 1.54) is 6.07 Å². The summed E-state index contributed by atoms with van der Waals surface area (Å²) in [7, 11) is 0. The minimum absolute atomic E-state index is 0.152. The van der Waals surface area contributed by atoms with Gasteiger partial charge in [-0.1, -0.05) is 45.2 Å². The van der Waals surface area contributed by atoms with Crippen LogP contribution in [0.3, 0.4) is 0 Å². The lowest BCUT2D eigenvalue weighted by molar-refractivity contribution is -0.00955. The fourth-order valence-corrected chi connectivity index (χ4v) is 3.44. The highest BCUT2D eigenvalue weighted by Gasteiger charge is 2.30. The van der Waals surface area contributed by atoms with Crippen molar-refractivity contribution in [3.05, 3.63) is 33.8 Å². The third kappa shape index (κ3) is 6.84. The molecule has 0 bridgehead atoms. The number of aryl methyl sites for hydroxylation is 1. The molecule has 0 spiro atoms. The summed E-state index contributed by atoms with van der Waals surface area (Å²) < 4.78 is 11.3. The van der Waals surface area contributed by atoms with Crippen molar-refractivity contribution >= 4 is 23.5 Å². The Hall–Kier alpha value is -1.55. The normalized spacial score (nSPS) is 12.0. The zero-order valence-corrected chi connectivity index (χ0v) is 18.5. The number of hydrogen-bond acceptors (Lipinski definition) is 4. The topological polar surface area (TPSA) is 52.6 Å². The van der Waals surface area contributed by atoms with Gasteiger partial charge in [0.2, 0.25) is 0 Å². The van der Waals surface area contributed by atoms with Gasteiger partial charge in [0.25, 0.3) is 0 Å². The quantitative estimate of drug-likeness (QED) is 0.455. The first kappa shape index (κ1) is 23.5. The Morgan fingerprint density at radius 1 is 0.852 bits per heavy atom. The van der Waals surface area contributed by atoms with Gasteiger partial charge in [0.05, 0.1) is 11.1 Å². The Morgan fingerprint density at radius 2 is 1.26 bits per heavy atom. The van der Waals surface area contributed by atoms with Gasteiger partial charge in [-0.3, -0.25) is 0 Å². The minimum atomic E-state index is -0.621. The molecular weight excluding hydrogens is 364 g/mol. The summed E-state index contributed by atoms with van der Waals surface area (Å²) in [6.07, 6.45) is 3.88. The van der Waals surface area contributed by atoms with Crippen LogP contribution in [-0.4, -0.2) is 23.1 Å². The van der Waals surface area contributed by atoms with Gasteiger partial charge in [-0.05, 0) is 64.7 Å². The lowest BCUT2D eigenvalue weighted by Gasteiger charge is -2.27. The van der Waals surface area contributed by atoms with E-state index in [9.17, 15) is 9.59 Å². The molecule has 0 N–H and O–H groups in total. The van der Waals surface area contributed by atoms with E-state index in [4.69, 9.17) is 21.1 Å². The highest BCUT2D eigenvalue weighted by molar-refractivity contribution is 6.32. The summed E-state index contributed by atoms with van der Waals surface area (Å²) >= 11 is 6.31. The van der Waals surface area contributed by atoms with Gasteiger partial charge in [-0.2, -0.15) is 0 Å². The standard InChI is InChI=1S/C22H33ClO4/c1-8-11-21(4,5)26-19(24)16-13-15(10-3)18(23)14-17(16)20(25)27-22(6,7)12-9-2/h13-14H,8-12H2,1-7H3. The van der Waals surface area contributed by atoms with Crippen molar-refractivity contribution in [3.8, 4) is 0 Å². The van der Waals surface area contributed by atoms with E-state index in [1.54, 1.807) is 6.07 Å². The van der Waals surface area contributed by atoms with Crippen molar-refractivity contribution < 1.29 is 19.1 Å². The van der Waals surface area contributed by atoms with Crippen LogP contribution in [0.4, 0.5) is 0 Å². The summed E-state index contributed by atoms with van der Waals surface area (Å²) in [6, 6.07) is 3.17. The van der Waals surface area contributed by atoms with Crippen molar-refractivity contribution in [2.45, 2.75) is 91.8 Å². The van der Waals surface area contributed by atoms with Crippen molar-refractivity contribution in [1.29, 1.82) is 0 Å². The first-order valence-electron chi connectivity index (χ1n) is 9.75. The Labute approximate surface area is 168 Å². The lowest BCUT2D eigenvalue weighted by atomic mass is 9.99. The van der Waals surface area contributed by atoms with E-state index < -0.39 is 23.1 Å².